The summed E-state index contributed by atoms with van der Waals surface area (Å²) in [5, 5.41) is 1.89. The first-order valence-corrected chi connectivity index (χ1v) is 6.53. The highest BCUT2D eigenvalue weighted by atomic mass is 32.2. The molecule has 0 amide bonds. The van der Waals surface area contributed by atoms with E-state index >= 15 is 0 Å². The number of aryl methyl sites for hydroxylation is 1. The number of nitrogens with zero attached hydrogens (tertiary/aromatic N) is 1. The summed E-state index contributed by atoms with van der Waals surface area (Å²) < 4.78 is 26.4. The van der Waals surface area contributed by atoms with Gasteiger partial charge >= 0.3 is 0 Å². The summed E-state index contributed by atoms with van der Waals surface area (Å²) in [6, 6.07) is 4.54. The third kappa shape index (κ3) is 2.95. The summed E-state index contributed by atoms with van der Waals surface area (Å²) in [6.45, 7) is 1.87. The van der Waals surface area contributed by atoms with Crippen LogP contribution in [0.2, 0.25) is 0 Å². The second-order valence-corrected chi connectivity index (χ2v) is 5.60. The largest absolute Gasteiger partial charge is 0.399 e. The van der Waals surface area contributed by atoms with E-state index in [1.165, 1.54) is 29.2 Å². The molecular formula is C11H10F2N2S2. The van der Waals surface area contributed by atoms with Crippen LogP contribution in [0.3, 0.4) is 0 Å². The molecule has 0 aliphatic rings. The van der Waals surface area contributed by atoms with Crippen LogP contribution < -0.4 is 5.73 Å². The third-order valence-electron chi connectivity index (χ3n) is 2.06. The monoisotopic (exact) mass is 272 g/mol. The average molecular weight is 272 g/mol. The summed E-state index contributed by atoms with van der Waals surface area (Å²) in [5.41, 5.74) is 6.71. The molecule has 0 saturated carbocycles. The topological polar surface area (TPSA) is 38.9 Å². The van der Waals surface area contributed by atoms with E-state index in [1.807, 2.05) is 12.3 Å². The SMILES string of the molecule is Cc1csc(Sc2ccc(N)cc2C(F)F)n1. The number of hydrogen-bond acceptors (Lipinski definition) is 4. The van der Waals surface area contributed by atoms with Gasteiger partial charge in [0.15, 0.2) is 4.34 Å². The molecule has 0 saturated heterocycles. The van der Waals surface area contributed by atoms with E-state index in [1.54, 1.807) is 12.1 Å². The number of nitrogen functional groups attached to an aromatic ring is 1. The summed E-state index contributed by atoms with van der Waals surface area (Å²) in [6.07, 6.45) is -2.53. The van der Waals surface area contributed by atoms with Crippen LogP contribution in [0, 0.1) is 6.92 Å². The van der Waals surface area contributed by atoms with E-state index in [-0.39, 0.29) is 5.56 Å². The van der Waals surface area contributed by atoms with Crippen molar-refractivity contribution in [3.05, 3.63) is 34.8 Å². The van der Waals surface area contributed by atoms with Gasteiger partial charge in [-0.15, -0.1) is 11.3 Å². The molecule has 0 bridgehead atoms. The predicted octanol–water partition coefficient (Wildman–Crippen LogP) is 4.12. The number of aromatic nitrogens is 1. The normalized spacial score (nSPS) is 11.1. The molecule has 0 spiro atoms. The molecule has 0 aliphatic heterocycles. The molecule has 90 valence electrons. The van der Waals surface area contributed by atoms with E-state index in [9.17, 15) is 8.78 Å². The maximum absolute atomic E-state index is 12.8. The van der Waals surface area contributed by atoms with E-state index < -0.39 is 6.43 Å². The molecule has 0 aliphatic carbocycles. The van der Waals surface area contributed by atoms with Crippen LogP contribution in [0.1, 0.15) is 17.7 Å². The Morgan fingerprint density at radius 2 is 2.18 bits per heavy atom. The van der Waals surface area contributed by atoms with Crippen LogP contribution >= 0.6 is 23.1 Å². The highest BCUT2D eigenvalue weighted by molar-refractivity contribution is 8.01. The second kappa shape index (κ2) is 5.01. The van der Waals surface area contributed by atoms with Gasteiger partial charge < -0.3 is 5.73 Å². The number of rotatable bonds is 3. The van der Waals surface area contributed by atoms with Gasteiger partial charge in [-0.05, 0) is 25.1 Å². The molecule has 1 aromatic carbocycles. The number of anilines is 1. The van der Waals surface area contributed by atoms with Gasteiger partial charge in [0.2, 0.25) is 0 Å². The Hall–Kier alpha value is -1.14. The standard InChI is InChI=1S/C11H10F2N2S2/c1-6-5-16-11(15-6)17-9-3-2-7(14)4-8(9)10(12)13/h2-5,10H,14H2,1H3. The van der Waals surface area contributed by atoms with Crippen molar-refractivity contribution in [2.45, 2.75) is 22.6 Å². The van der Waals surface area contributed by atoms with Gasteiger partial charge in [0, 0.05) is 27.2 Å². The zero-order valence-electron chi connectivity index (χ0n) is 8.98. The smallest absolute Gasteiger partial charge is 0.265 e. The van der Waals surface area contributed by atoms with Gasteiger partial charge in [-0.2, -0.15) is 0 Å². The summed E-state index contributed by atoms with van der Waals surface area (Å²) >= 11 is 2.69. The van der Waals surface area contributed by atoms with Gasteiger partial charge in [-0.25, -0.2) is 13.8 Å². The zero-order valence-corrected chi connectivity index (χ0v) is 10.6. The first-order chi connectivity index (χ1) is 8.06. The minimum absolute atomic E-state index is 0.0390. The van der Waals surface area contributed by atoms with Crippen molar-refractivity contribution in [2.75, 3.05) is 5.73 Å². The Balaban J connectivity index is 2.32. The molecule has 1 aromatic heterocycles. The Labute approximate surface area is 106 Å². The van der Waals surface area contributed by atoms with Crippen molar-refractivity contribution >= 4 is 28.8 Å². The zero-order chi connectivity index (χ0) is 12.4. The molecule has 6 heteroatoms. The third-order valence-corrected chi connectivity index (χ3v) is 4.21. The Morgan fingerprint density at radius 1 is 1.41 bits per heavy atom. The van der Waals surface area contributed by atoms with E-state index in [0.717, 1.165) is 10.0 Å². The highest BCUT2D eigenvalue weighted by Gasteiger charge is 2.15. The summed E-state index contributed by atoms with van der Waals surface area (Å²) in [4.78, 5) is 4.74. The fraction of sp³-hybridized carbons (Fsp3) is 0.182. The minimum Gasteiger partial charge on any atom is -0.399 e. The number of hydrogen-bond donors (Lipinski definition) is 1. The molecule has 2 rings (SSSR count). The molecule has 0 radical (unpaired) electrons. The molecule has 2 N–H and O–H groups in total. The van der Waals surface area contributed by atoms with Gasteiger partial charge in [-0.1, -0.05) is 11.8 Å². The Bertz CT molecular complexity index is 526. The summed E-state index contributed by atoms with van der Waals surface area (Å²) in [5.74, 6) is 0. The number of halogens is 2. The molecule has 1 heterocycles. The number of benzene rings is 1. The molecular weight excluding hydrogens is 262 g/mol. The van der Waals surface area contributed by atoms with Crippen molar-refractivity contribution in [2.24, 2.45) is 0 Å². The highest BCUT2D eigenvalue weighted by Crippen LogP contribution is 2.37. The maximum Gasteiger partial charge on any atom is 0.265 e. The van der Waals surface area contributed by atoms with Gasteiger partial charge in [-0.3, -0.25) is 0 Å². The predicted molar refractivity (Wildman–Crippen MR) is 66.8 cm³/mol. The fourth-order valence-electron chi connectivity index (χ4n) is 1.30. The Morgan fingerprint density at radius 3 is 2.76 bits per heavy atom. The van der Waals surface area contributed by atoms with E-state index in [2.05, 4.69) is 4.98 Å². The lowest BCUT2D eigenvalue weighted by Gasteiger charge is -2.07. The van der Waals surface area contributed by atoms with Crippen molar-refractivity contribution in [1.29, 1.82) is 0 Å². The summed E-state index contributed by atoms with van der Waals surface area (Å²) in [7, 11) is 0. The lowest BCUT2D eigenvalue weighted by molar-refractivity contribution is 0.148. The van der Waals surface area contributed by atoms with Crippen LogP contribution in [-0.2, 0) is 0 Å². The lowest BCUT2D eigenvalue weighted by Crippen LogP contribution is -1.92. The fourth-order valence-corrected chi connectivity index (χ4v) is 3.21. The molecule has 2 aromatic rings. The molecule has 0 fully saturated rings. The van der Waals surface area contributed by atoms with Gasteiger partial charge in [0.05, 0.1) is 0 Å². The first kappa shape index (κ1) is 12.3. The maximum atomic E-state index is 12.8. The second-order valence-electron chi connectivity index (χ2n) is 3.45. The number of alkyl halides is 2. The Kier molecular flexibility index (Phi) is 3.63. The van der Waals surface area contributed by atoms with Crippen LogP contribution in [0.5, 0.6) is 0 Å². The van der Waals surface area contributed by atoms with Crippen LogP contribution in [0.15, 0.2) is 32.8 Å². The minimum atomic E-state index is -2.53. The number of thiazole rings is 1. The molecule has 0 atom stereocenters. The van der Waals surface area contributed by atoms with Crippen molar-refractivity contribution in [1.82, 2.24) is 4.98 Å². The van der Waals surface area contributed by atoms with E-state index in [4.69, 9.17) is 5.73 Å². The quantitative estimate of drug-likeness (QED) is 0.854. The van der Waals surface area contributed by atoms with Gasteiger partial charge in [0.25, 0.3) is 6.43 Å². The molecule has 17 heavy (non-hydrogen) atoms. The number of nitrogens with two attached hydrogens (primary N) is 1. The molecule has 0 unspecified atom stereocenters. The van der Waals surface area contributed by atoms with Crippen molar-refractivity contribution in [3.8, 4) is 0 Å². The first-order valence-electron chi connectivity index (χ1n) is 4.84. The van der Waals surface area contributed by atoms with Gasteiger partial charge in [0.1, 0.15) is 0 Å². The van der Waals surface area contributed by atoms with E-state index in [0.29, 0.717) is 10.6 Å². The van der Waals surface area contributed by atoms with Crippen LogP contribution in [-0.4, -0.2) is 4.98 Å². The molecule has 2 nitrogen and oxygen atoms in total. The van der Waals surface area contributed by atoms with Crippen molar-refractivity contribution in [3.63, 3.8) is 0 Å². The lowest BCUT2D eigenvalue weighted by atomic mass is 10.2. The average Bonchev–Trinajstić information content (AvgIpc) is 2.66. The van der Waals surface area contributed by atoms with Crippen LogP contribution in [0.25, 0.3) is 0 Å². The van der Waals surface area contributed by atoms with Crippen molar-refractivity contribution < 1.29 is 8.78 Å². The van der Waals surface area contributed by atoms with Crippen LogP contribution in [0.4, 0.5) is 14.5 Å².